The fourth-order valence-electron chi connectivity index (χ4n) is 2.67. The van der Waals surface area contributed by atoms with E-state index in [2.05, 4.69) is 20.5 Å². The van der Waals surface area contributed by atoms with E-state index in [4.69, 9.17) is 5.11 Å². The van der Waals surface area contributed by atoms with Gasteiger partial charge in [-0.15, -0.1) is 0 Å². The third-order valence-electron chi connectivity index (χ3n) is 4.22. The molecule has 122 valence electrons. The monoisotopic (exact) mass is 314 g/mol. The van der Waals surface area contributed by atoms with Crippen molar-refractivity contribution in [3.63, 3.8) is 0 Å². The predicted molar refractivity (Wildman–Crippen MR) is 86.9 cm³/mol. The smallest absolute Gasteiger partial charge is 0.251 e. The van der Waals surface area contributed by atoms with Crippen LogP contribution in [0.3, 0.4) is 0 Å². The van der Waals surface area contributed by atoms with Crippen molar-refractivity contribution in [2.75, 3.05) is 6.61 Å². The Kier molecular flexibility index (Phi) is 4.71. The molecule has 1 aliphatic rings. The van der Waals surface area contributed by atoms with Crippen LogP contribution in [0.4, 0.5) is 0 Å². The topological polar surface area (TPSA) is 90.9 Å². The number of rotatable bonds is 7. The van der Waals surface area contributed by atoms with Gasteiger partial charge in [0.1, 0.15) is 5.82 Å². The number of aromatic amines is 1. The maximum absolute atomic E-state index is 12.3. The molecule has 1 aliphatic carbocycles. The van der Waals surface area contributed by atoms with Crippen LogP contribution in [0.25, 0.3) is 11.4 Å². The molecule has 3 N–H and O–H groups in total. The van der Waals surface area contributed by atoms with Gasteiger partial charge in [-0.25, -0.2) is 4.98 Å². The van der Waals surface area contributed by atoms with Crippen LogP contribution in [0.1, 0.15) is 42.4 Å². The Balaban J connectivity index is 1.67. The van der Waals surface area contributed by atoms with Gasteiger partial charge in [0.15, 0.2) is 5.82 Å². The van der Waals surface area contributed by atoms with Crippen LogP contribution in [0.5, 0.6) is 0 Å². The normalized spacial score (nSPS) is 15.4. The highest BCUT2D eigenvalue weighted by Gasteiger charge is 2.31. The average Bonchev–Trinajstić information content (AvgIpc) is 3.31. The van der Waals surface area contributed by atoms with Crippen molar-refractivity contribution in [1.82, 2.24) is 20.5 Å². The van der Waals surface area contributed by atoms with E-state index in [0.29, 0.717) is 23.7 Å². The number of hydrogen-bond acceptors (Lipinski definition) is 4. The van der Waals surface area contributed by atoms with Gasteiger partial charge in [0.25, 0.3) is 5.91 Å². The molecule has 23 heavy (non-hydrogen) atoms. The molecule has 1 fully saturated rings. The zero-order chi connectivity index (χ0) is 16.2. The lowest BCUT2D eigenvalue weighted by molar-refractivity contribution is 0.0924. The van der Waals surface area contributed by atoms with Crippen LogP contribution in [-0.2, 0) is 6.42 Å². The molecule has 1 atom stereocenters. The fraction of sp³-hybridized carbons (Fsp3) is 0.471. The van der Waals surface area contributed by atoms with Gasteiger partial charge in [-0.3, -0.25) is 9.89 Å². The van der Waals surface area contributed by atoms with Crippen LogP contribution in [0, 0.1) is 5.92 Å². The summed E-state index contributed by atoms with van der Waals surface area (Å²) in [5, 5.41) is 19.2. The average molecular weight is 314 g/mol. The number of nitrogens with zero attached hydrogens (tertiary/aromatic N) is 2. The van der Waals surface area contributed by atoms with E-state index in [1.807, 2.05) is 19.1 Å². The Morgan fingerprint density at radius 3 is 2.70 bits per heavy atom. The number of H-pyrrole nitrogens is 1. The molecule has 0 saturated heterocycles. The minimum Gasteiger partial charge on any atom is -0.396 e. The second-order valence-electron chi connectivity index (χ2n) is 5.97. The molecule has 1 unspecified atom stereocenters. The van der Waals surface area contributed by atoms with Gasteiger partial charge in [-0.2, -0.15) is 5.10 Å². The highest BCUT2D eigenvalue weighted by Crippen LogP contribution is 2.34. The Labute approximate surface area is 135 Å². The first kappa shape index (κ1) is 15.7. The number of aromatic nitrogens is 3. The van der Waals surface area contributed by atoms with Crippen LogP contribution in [0.2, 0.25) is 0 Å². The number of hydrogen-bond donors (Lipinski definition) is 3. The number of aliphatic hydroxyl groups excluding tert-OH is 1. The number of benzene rings is 1. The largest absolute Gasteiger partial charge is 0.396 e. The Bertz CT molecular complexity index is 661. The summed E-state index contributed by atoms with van der Waals surface area (Å²) in [4.78, 5) is 16.7. The first-order chi connectivity index (χ1) is 11.2. The zero-order valence-electron chi connectivity index (χ0n) is 13.2. The first-order valence-electron chi connectivity index (χ1n) is 8.14. The molecule has 0 spiro atoms. The van der Waals surface area contributed by atoms with Crippen molar-refractivity contribution < 1.29 is 9.90 Å². The highest BCUT2D eigenvalue weighted by atomic mass is 16.3. The van der Waals surface area contributed by atoms with Gasteiger partial charge < -0.3 is 10.4 Å². The minimum absolute atomic E-state index is 0.0762. The van der Waals surface area contributed by atoms with Gasteiger partial charge in [0.05, 0.1) is 0 Å². The standard InChI is InChI=1S/C17H22N4O2/c1-2-15-19-16(21-20-15)12-5-7-13(8-6-12)17(23)18-14(9-10-22)11-3-4-11/h5-8,11,14,22H,2-4,9-10H2,1H3,(H,18,23)(H,19,20,21). The summed E-state index contributed by atoms with van der Waals surface area (Å²) in [6.45, 7) is 2.12. The molecule has 1 heterocycles. The first-order valence-corrected chi connectivity index (χ1v) is 8.14. The van der Waals surface area contributed by atoms with Crippen LogP contribution < -0.4 is 5.32 Å². The van der Waals surface area contributed by atoms with Crippen molar-refractivity contribution in [2.24, 2.45) is 5.92 Å². The van der Waals surface area contributed by atoms with Gasteiger partial charge in [0, 0.05) is 30.2 Å². The number of aryl methyl sites for hydroxylation is 1. The number of aliphatic hydroxyl groups is 1. The summed E-state index contributed by atoms with van der Waals surface area (Å²) in [6, 6.07) is 7.36. The van der Waals surface area contributed by atoms with Crippen molar-refractivity contribution in [3.05, 3.63) is 35.7 Å². The van der Waals surface area contributed by atoms with Crippen LogP contribution >= 0.6 is 0 Å². The number of carbonyl (C=O) groups is 1. The lowest BCUT2D eigenvalue weighted by atomic mass is 10.1. The SMILES string of the molecule is CCc1nc(-c2ccc(C(=O)NC(CCO)C3CC3)cc2)n[nH]1. The molecule has 0 aliphatic heterocycles. The van der Waals surface area contributed by atoms with E-state index < -0.39 is 0 Å². The van der Waals surface area contributed by atoms with Gasteiger partial charge in [0.2, 0.25) is 0 Å². The lowest BCUT2D eigenvalue weighted by Gasteiger charge is -2.17. The van der Waals surface area contributed by atoms with Gasteiger partial charge >= 0.3 is 0 Å². The molecule has 1 aromatic heterocycles. The Hall–Kier alpha value is -2.21. The third kappa shape index (κ3) is 3.76. The van der Waals surface area contributed by atoms with Gasteiger partial charge in [-0.05, 0) is 37.3 Å². The molecule has 1 saturated carbocycles. The predicted octanol–water partition coefficient (Wildman–Crippen LogP) is 1.92. The van der Waals surface area contributed by atoms with E-state index in [1.54, 1.807) is 12.1 Å². The van der Waals surface area contributed by atoms with Crippen molar-refractivity contribution in [3.8, 4) is 11.4 Å². The van der Waals surface area contributed by atoms with Crippen molar-refractivity contribution in [1.29, 1.82) is 0 Å². The van der Waals surface area contributed by atoms with Crippen LogP contribution in [0.15, 0.2) is 24.3 Å². The maximum Gasteiger partial charge on any atom is 0.251 e. The lowest BCUT2D eigenvalue weighted by Crippen LogP contribution is -2.37. The second kappa shape index (κ2) is 6.91. The summed E-state index contributed by atoms with van der Waals surface area (Å²) in [5.41, 5.74) is 1.50. The molecule has 3 rings (SSSR count). The van der Waals surface area contributed by atoms with E-state index in [-0.39, 0.29) is 18.6 Å². The fourth-order valence-corrected chi connectivity index (χ4v) is 2.67. The van der Waals surface area contributed by atoms with Crippen molar-refractivity contribution in [2.45, 2.75) is 38.6 Å². The Morgan fingerprint density at radius 1 is 1.39 bits per heavy atom. The van der Waals surface area contributed by atoms with E-state index in [1.165, 1.54) is 0 Å². The molecule has 1 amide bonds. The quantitative estimate of drug-likeness (QED) is 0.728. The maximum atomic E-state index is 12.3. The van der Waals surface area contributed by atoms with Crippen LogP contribution in [-0.4, -0.2) is 38.8 Å². The van der Waals surface area contributed by atoms with E-state index in [0.717, 1.165) is 30.7 Å². The van der Waals surface area contributed by atoms with E-state index in [9.17, 15) is 4.79 Å². The summed E-state index contributed by atoms with van der Waals surface area (Å²) < 4.78 is 0. The molecule has 6 heteroatoms. The zero-order valence-corrected chi connectivity index (χ0v) is 13.2. The number of nitrogens with one attached hydrogen (secondary N) is 2. The Morgan fingerprint density at radius 2 is 2.13 bits per heavy atom. The van der Waals surface area contributed by atoms with Gasteiger partial charge in [-0.1, -0.05) is 19.1 Å². The molecule has 2 aromatic rings. The van der Waals surface area contributed by atoms with Crippen molar-refractivity contribution >= 4 is 5.91 Å². The summed E-state index contributed by atoms with van der Waals surface area (Å²) in [5.74, 6) is 1.92. The molecule has 6 nitrogen and oxygen atoms in total. The molecule has 0 radical (unpaired) electrons. The molecule has 0 bridgehead atoms. The highest BCUT2D eigenvalue weighted by molar-refractivity contribution is 5.94. The number of amides is 1. The third-order valence-corrected chi connectivity index (χ3v) is 4.22. The summed E-state index contributed by atoms with van der Waals surface area (Å²) in [6.07, 6.45) is 3.69. The summed E-state index contributed by atoms with van der Waals surface area (Å²) >= 11 is 0. The summed E-state index contributed by atoms with van der Waals surface area (Å²) in [7, 11) is 0. The molecule has 1 aromatic carbocycles. The van der Waals surface area contributed by atoms with E-state index >= 15 is 0 Å². The number of carbonyl (C=O) groups excluding carboxylic acids is 1. The molecular weight excluding hydrogens is 292 g/mol. The second-order valence-corrected chi connectivity index (χ2v) is 5.97. The molecular formula is C17H22N4O2. The minimum atomic E-state index is -0.0915.